The zero-order valence-corrected chi connectivity index (χ0v) is 12.5. The fraction of sp³-hybridized carbons (Fsp3) is 0. The molecule has 0 bridgehead atoms. The van der Waals surface area contributed by atoms with Gasteiger partial charge in [0, 0.05) is 24.8 Å². The molecule has 0 aromatic carbocycles. The van der Waals surface area contributed by atoms with Crippen molar-refractivity contribution in [1.29, 1.82) is 0 Å². The minimum atomic E-state index is -3.06. The summed E-state index contributed by atoms with van der Waals surface area (Å²) in [5.41, 5.74) is 0. The monoisotopic (exact) mass is 471 g/mol. The van der Waals surface area contributed by atoms with Gasteiger partial charge in [-0.25, -0.2) is 9.97 Å². The van der Waals surface area contributed by atoms with E-state index in [0.717, 1.165) is 0 Å². The van der Waals surface area contributed by atoms with Gasteiger partial charge in [0.1, 0.15) is 0 Å². The minimum absolute atomic E-state index is 1.62. The molecule has 0 aliphatic carbocycles. The standard InChI is InChI=1S/2C3H4N2.4ClH.Pt/c2*1-2-5-3-4-1;;;;;/h2*1-3H,(H,4,5);4*1H;/q;;;;;;+4/p-4. The molecule has 0 saturated carbocycles. The van der Waals surface area contributed by atoms with E-state index < -0.39 is 11.9 Å². The van der Waals surface area contributed by atoms with E-state index in [1.165, 1.54) is 0 Å². The third-order valence-electron chi connectivity index (χ3n) is 0.812. The third-order valence-corrected chi connectivity index (χ3v) is 0.812. The van der Waals surface area contributed by atoms with Gasteiger partial charge >= 0.3 is 49.6 Å². The Morgan fingerprint density at radius 3 is 1.20 bits per heavy atom. The van der Waals surface area contributed by atoms with Crippen LogP contribution >= 0.6 is 37.7 Å². The summed E-state index contributed by atoms with van der Waals surface area (Å²) in [6.07, 6.45) is 10.2. The third kappa shape index (κ3) is 20.4. The Morgan fingerprint density at radius 2 is 1.13 bits per heavy atom. The smallest absolute Gasteiger partial charge is 0.0919 e. The molecule has 0 fully saturated rings. The largest absolute Gasteiger partial charge is 0.351 e. The van der Waals surface area contributed by atoms with Crippen LogP contribution in [0.5, 0.6) is 0 Å². The summed E-state index contributed by atoms with van der Waals surface area (Å²) in [5.74, 6) is 0. The number of imidazole rings is 2. The first kappa shape index (κ1) is 15.3. The second kappa shape index (κ2) is 9.49. The van der Waals surface area contributed by atoms with Crippen molar-refractivity contribution in [2.45, 2.75) is 0 Å². The number of halogens is 4. The summed E-state index contributed by atoms with van der Waals surface area (Å²) in [4.78, 5) is 12.8. The van der Waals surface area contributed by atoms with Crippen LogP contribution in [-0.2, 0) is 11.9 Å². The fourth-order valence-corrected chi connectivity index (χ4v) is 0.430. The number of rotatable bonds is 0. The molecule has 0 amide bonds. The molecule has 0 aliphatic rings. The Labute approximate surface area is 106 Å². The molecule has 90 valence electrons. The molecule has 0 saturated heterocycles. The topological polar surface area (TPSA) is 57.4 Å². The number of aromatic amines is 2. The molecule has 2 aromatic rings. The van der Waals surface area contributed by atoms with Crippen LogP contribution in [0.1, 0.15) is 0 Å². The minimum Gasteiger partial charge on any atom is -0.351 e. The van der Waals surface area contributed by atoms with Gasteiger partial charge in [-0.1, -0.05) is 0 Å². The summed E-state index contributed by atoms with van der Waals surface area (Å²) >= 11 is -3.06. The van der Waals surface area contributed by atoms with Crippen LogP contribution in [0.3, 0.4) is 0 Å². The Kier molecular flexibility index (Phi) is 9.66. The van der Waals surface area contributed by atoms with Crippen molar-refractivity contribution in [2.75, 3.05) is 0 Å². The van der Waals surface area contributed by atoms with Crippen molar-refractivity contribution in [3.05, 3.63) is 37.4 Å². The summed E-state index contributed by atoms with van der Waals surface area (Å²) < 4.78 is 0. The van der Waals surface area contributed by atoms with E-state index in [9.17, 15) is 0 Å². The van der Waals surface area contributed by atoms with Gasteiger partial charge in [-0.2, -0.15) is 0 Å². The molecule has 2 rings (SSSR count). The van der Waals surface area contributed by atoms with Crippen molar-refractivity contribution in [3.63, 3.8) is 0 Å². The van der Waals surface area contributed by atoms with Gasteiger partial charge in [0.15, 0.2) is 0 Å². The number of hydrogen-bond donors (Lipinski definition) is 2. The number of nitrogens with one attached hydrogen (secondary N) is 2. The zero-order chi connectivity index (χ0) is 11.6. The fourth-order valence-electron chi connectivity index (χ4n) is 0.430. The maximum atomic E-state index is 5.01. The SMILES string of the molecule is [Cl][Pt]([Cl])([Cl])[Cl].c1c[nH]cn1.c1c[nH]cn1. The van der Waals surface area contributed by atoms with Gasteiger partial charge in [-0.3, -0.25) is 0 Å². The summed E-state index contributed by atoms with van der Waals surface area (Å²) in [6, 6.07) is 0. The van der Waals surface area contributed by atoms with Gasteiger partial charge in [0.25, 0.3) is 0 Å². The molecular formula is C6H8Cl4N4Pt. The zero-order valence-electron chi connectivity index (χ0n) is 7.19. The quantitative estimate of drug-likeness (QED) is 0.615. The van der Waals surface area contributed by atoms with E-state index in [1.54, 1.807) is 37.4 Å². The number of hydrogen-bond acceptors (Lipinski definition) is 2. The van der Waals surface area contributed by atoms with Gasteiger partial charge in [-0.05, 0) is 0 Å². The number of H-pyrrole nitrogens is 2. The van der Waals surface area contributed by atoms with Crippen molar-refractivity contribution >= 4 is 37.7 Å². The van der Waals surface area contributed by atoms with E-state index in [4.69, 9.17) is 37.7 Å². The predicted molar refractivity (Wildman–Crippen MR) is 60.6 cm³/mol. The molecule has 0 aliphatic heterocycles. The Hall–Kier alpha value is 0.268. The predicted octanol–water partition coefficient (Wildman–Crippen LogP) is 3.57. The first-order chi connectivity index (χ1) is 7.00. The molecule has 0 unspecified atom stereocenters. The second-order valence-electron chi connectivity index (χ2n) is 1.79. The number of nitrogens with zero attached hydrogens (tertiary/aromatic N) is 2. The van der Waals surface area contributed by atoms with E-state index in [-0.39, 0.29) is 0 Å². The van der Waals surface area contributed by atoms with Crippen molar-refractivity contribution in [3.8, 4) is 0 Å². The molecule has 2 heterocycles. The van der Waals surface area contributed by atoms with E-state index in [1.807, 2.05) is 0 Å². The van der Waals surface area contributed by atoms with Crippen molar-refractivity contribution in [2.24, 2.45) is 0 Å². The van der Waals surface area contributed by atoms with Crippen LogP contribution in [0.4, 0.5) is 0 Å². The average molecular weight is 473 g/mol. The Balaban J connectivity index is 0.000000196. The Morgan fingerprint density at radius 1 is 0.800 bits per heavy atom. The molecule has 4 nitrogen and oxygen atoms in total. The van der Waals surface area contributed by atoms with Crippen LogP contribution in [0.15, 0.2) is 37.4 Å². The van der Waals surface area contributed by atoms with Gasteiger partial charge < -0.3 is 9.97 Å². The maximum Gasteiger partial charge on any atom is 0.0919 e. The van der Waals surface area contributed by atoms with E-state index in [2.05, 4.69) is 19.9 Å². The van der Waals surface area contributed by atoms with Gasteiger partial charge in [0.05, 0.1) is 12.7 Å². The van der Waals surface area contributed by atoms with Crippen molar-refractivity contribution in [1.82, 2.24) is 19.9 Å². The summed E-state index contributed by atoms with van der Waals surface area (Å²) in [5, 5.41) is 0. The second-order valence-corrected chi connectivity index (χ2v) is 21.5. The molecule has 2 N–H and O–H groups in total. The number of aromatic nitrogens is 4. The molecule has 0 spiro atoms. The van der Waals surface area contributed by atoms with Crippen LogP contribution < -0.4 is 0 Å². The first-order valence-corrected chi connectivity index (χ1v) is 14.6. The van der Waals surface area contributed by atoms with Crippen LogP contribution in [0.2, 0.25) is 0 Å². The molecule has 15 heavy (non-hydrogen) atoms. The molecule has 0 radical (unpaired) electrons. The molecule has 0 atom stereocenters. The van der Waals surface area contributed by atoms with Gasteiger partial charge in [-0.15, -0.1) is 0 Å². The van der Waals surface area contributed by atoms with E-state index >= 15 is 0 Å². The normalized spacial score (nSPS) is 10.4. The maximum absolute atomic E-state index is 5.01. The van der Waals surface area contributed by atoms with Gasteiger partial charge in [0.2, 0.25) is 0 Å². The average Bonchev–Trinajstić information content (AvgIpc) is 2.81. The molecule has 9 heteroatoms. The Bertz CT molecular complexity index is 227. The molecular weight excluding hydrogens is 465 g/mol. The summed E-state index contributed by atoms with van der Waals surface area (Å²) in [6.45, 7) is 0. The summed E-state index contributed by atoms with van der Waals surface area (Å²) in [7, 11) is 20.0. The van der Waals surface area contributed by atoms with Crippen molar-refractivity contribution < 1.29 is 11.9 Å². The van der Waals surface area contributed by atoms with Crippen LogP contribution in [0.25, 0.3) is 0 Å². The van der Waals surface area contributed by atoms with Crippen LogP contribution in [-0.4, -0.2) is 19.9 Å². The first-order valence-electron chi connectivity index (χ1n) is 3.33. The van der Waals surface area contributed by atoms with E-state index in [0.29, 0.717) is 0 Å². The molecule has 2 aromatic heterocycles. The van der Waals surface area contributed by atoms with Crippen LogP contribution in [0, 0.1) is 0 Å².